The lowest BCUT2D eigenvalue weighted by Gasteiger charge is -2.12. The van der Waals surface area contributed by atoms with Crippen LogP contribution < -0.4 is 4.90 Å². The molecule has 0 aliphatic carbocycles. The van der Waals surface area contributed by atoms with Crippen molar-refractivity contribution in [1.29, 1.82) is 5.26 Å². The Hall–Kier alpha value is -2.02. The highest BCUT2D eigenvalue weighted by Gasteiger charge is 2.47. The van der Waals surface area contributed by atoms with E-state index in [1.807, 2.05) is 30.3 Å². The first kappa shape index (κ1) is 8.30. The molecule has 1 aromatic carbocycles. The van der Waals surface area contributed by atoms with Crippen molar-refractivity contribution in [3.63, 3.8) is 0 Å². The fraction of sp³-hybridized carbons (Fsp3) is 0.273. The van der Waals surface area contributed by atoms with Crippen molar-refractivity contribution in [3.8, 4) is 6.07 Å². The van der Waals surface area contributed by atoms with Crippen molar-refractivity contribution in [3.05, 3.63) is 29.8 Å². The summed E-state index contributed by atoms with van der Waals surface area (Å²) in [5, 5.41) is 8.86. The molecule has 3 rings (SSSR count). The maximum absolute atomic E-state index is 11.5. The van der Waals surface area contributed by atoms with Crippen LogP contribution >= 0.6 is 0 Å². The molecule has 0 unspecified atom stereocenters. The number of nitrogens with zero attached hydrogens (tertiary/aromatic N) is 2. The Morgan fingerprint density at radius 1 is 1.47 bits per heavy atom. The third-order valence-electron chi connectivity index (χ3n) is 2.91. The van der Waals surface area contributed by atoms with Crippen LogP contribution in [0.1, 0.15) is 5.56 Å². The zero-order chi connectivity index (χ0) is 10.4. The Balaban J connectivity index is 2.09. The zero-order valence-corrected chi connectivity index (χ0v) is 7.88. The quantitative estimate of drug-likeness (QED) is 0.637. The number of hydrogen-bond acceptors (Lipinski definition) is 3. The number of anilines is 1. The van der Waals surface area contributed by atoms with Crippen molar-refractivity contribution in [2.45, 2.75) is 18.6 Å². The minimum atomic E-state index is -0.634. The minimum Gasteiger partial charge on any atom is -0.428 e. The number of rotatable bonds is 0. The SMILES string of the molecule is N#C[C@@H]1OC(=O)N2c3ccccc3C[C@@H]12. The number of carbonyl (C=O) groups excluding carboxylic acids is 1. The van der Waals surface area contributed by atoms with Gasteiger partial charge in [-0.1, -0.05) is 18.2 Å². The van der Waals surface area contributed by atoms with E-state index in [1.165, 1.54) is 0 Å². The molecule has 1 saturated heterocycles. The van der Waals surface area contributed by atoms with E-state index in [1.54, 1.807) is 4.90 Å². The minimum absolute atomic E-state index is 0.139. The first-order chi connectivity index (χ1) is 7.31. The molecule has 0 bridgehead atoms. The Bertz CT molecular complexity index is 478. The number of ether oxygens (including phenoxy) is 1. The van der Waals surface area contributed by atoms with Gasteiger partial charge in [0, 0.05) is 6.42 Å². The molecule has 2 aliphatic heterocycles. The van der Waals surface area contributed by atoms with Gasteiger partial charge in [-0.15, -0.1) is 0 Å². The van der Waals surface area contributed by atoms with Crippen molar-refractivity contribution in [2.24, 2.45) is 0 Å². The molecule has 15 heavy (non-hydrogen) atoms. The molecule has 0 spiro atoms. The number of hydrogen-bond donors (Lipinski definition) is 0. The predicted octanol–water partition coefficient (Wildman–Crippen LogP) is 1.46. The first-order valence-corrected chi connectivity index (χ1v) is 4.78. The summed E-state index contributed by atoms with van der Waals surface area (Å²) in [6, 6.07) is 9.57. The van der Waals surface area contributed by atoms with E-state index >= 15 is 0 Å². The lowest BCUT2D eigenvalue weighted by Crippen LogP contribution is -2.32. The van der Waals surface area contributed by atoms with Gasteiger partial charge in [-0.05, 0) is 11.6 Å². The Kier molecular flexibility index (Phi) is 1.51. The molecular weight excluding hydrogens is 192 g/mol. The Morgan fingerprint density at radius 2 is 2.27 bits per heavy atom. The van der Waals surface area contributed by atoms with Crippen LogP contribution in [0.25, 0.3) is 0 Å². The van der Waals surface area contributed by atoms with E-state index in [0.29, 0.717) is 6.42 Å². The van der Waals surface area contributed by atoms with E-state index in [2.05, 4.69) is 0 Å². The Labute approximate surface area is 86.7 Å². The number of nitriles is 1. The summed E-state index contributed by atoms with van der Waals surface area (Å²) >= 11 is 0. The molecule has 4 nitrogen and oxygen atoms in total. The van der Waals surface area contributed by atoms with E-state index < -0.39 is 12.2 Å². The molecule has 0 saturated carbocycles. The van der Waals surface area contributed by atoms with Gasteiger partial charge in [0.25, 0.3) is 0 Å². The highest BCUT2D eigenvalue weighted by molar-refractivity contribution is 5.94. The van der Waals surface area contributed by atoms with Gasteiger partial charge in [0.2, 0.25) is 6.10 Å². The second-order valence-electron chi connectivity index (χ2n) is 3.70. The molecule has 4 heteroatoms. The summed E-state index contributed by atoms with van der Waals surface area (Å²) in [5.74, 6) is 0. The fourth-order valence-corrected chi connectivity index (χ4v) is 2.25. The van der Waals surface area contributed by atoms with Crippen molar-refractivity contribution in [1.82, 2.24) is 0 Å². The molecule has 0 N–H and O–H groups in total. The summed E-state index contributed by atoms with van der Waals surface area (Å²) in [4.78, 5) is 13.1. The molecule has 2 aliphatic rings. The summed E-state index contributed by atoms with van der Waals surface area (Å²) in [5.41, 5.74) is 1.99. The van der Waals surface area contributed by atoms with Crippen LogP contribution in [0.15, 0.2) is 24.3 Å². The number of benzene rings is 1. The van der Waals surface area contributed by atoms with Gasteiger partial charge < -0.3 is 4.74 Å². The van der Waals surface area contributed by atoms with Gasteiger partial charge in [-0.25, -0.2) is 4.79 Å². The fourth-order valence-electron chi connectivity index (χ4n) is 2.25. The molecule has 1 aromatic rings. The molecule has 0 radical (unpaired) electrons. The van der Waals surface area contributed by atoms with Gasteiger partial charge in [0.15, 0.2) is 0 Å². The second kappa shape index (κ2) is 2.74. The maximum Gasteiger partial charge on any atom is 0.416 e. The van der Waals surface area contributed by atoms with Crippen molar-refractivity contribution < 1.29 is 9.53 Å². The third-order valence-corrected chi connectivity index (χ3v) is 2.91. The molecule has 74 valence electrons. The van der Waals surface area contributed by atoms with Crippen molar-refractivity contribution in [2.75, 3.05) is 4.90 Å². The van der Waals surface area contributed by atoms with Gasteiger partial charge in [0.1, 0.15) is 6.07 Å². The molecule has 2 atom stereocenters. The van der Waals surface area contributed by atoms with Crippen LogP contribution in [0.2, 0.25) is 0 Å². The highest BCUT2D eigenvalue weighted by atomic mass is 16.6. The first-order valence-electron chi connectivity index (χ1n) is 4.78. The van der Waals surface area contributed by atoms with Crippen LogP contribution in [0.5, 0.6) is 0 Å². The summed E-state index contributed by atoms with van der Waals surface area (Å²) in [6.07, 6.45) is -0.332. The van der Waals surface area contributed by atoms with Crippen LogP contribution in [0.4, 0.5) is 10.5 Å². The van der Waals surface area contributed by atoms with E-state index in [9.17, 15) is 4.79 Å². The average Bonchev–Trinajstić information content (AvgIpc) is 2.76. The summed E-state index contributed by atoms with van der Waals surface area (Å²) in [6.45, 7) is 0. The lowest BCUT2D eigenvalue weighted by molar-refractivity contribution is 0.156. The largest absolute Gasteiger partial charge is 0.428 e. The van der Waals surface area contributed by atoms with Crippen molar-refractivity contribution >= 4 is 11.8 Å². The number of para-hydroxylation sites is 1. The summed E-state index contributed by atoms with van der Waals surface area (Å²) < 4.78 is 4.96. The molecule has 0 aromatic heterocycles. The van der Waals surface area contributed by atoms with Gasteiger partial charge in [-0.2, -0.15) is 5.26 Å². The maximum atomic E-state index is 11.5. The summed E-state index contributed by atoms with van der Waals surface area (Å²) in [7, 11) is 0. The zero-order valence-electron chi connectivity index (χ0n) is 7.88. The molecule has 1 amide bonds. The number of fused-ring (bicyclic) bond motifs is 3. The van der Waals surface area contributed by atoms with E-state index in [-0.39, 0.29) is 6.04 Å². The normalized spacial score (nSPS) is 26.9. The number of amides is 1. The topological polar surface area (TPSA) is 53.3 Å². The van der Waals surface area contributed by atoms with E-state index in [4.69, 9.17) is 10.00 Å². The van der Waals surface area contributed by atoms with Crippen LogP contribution in [0.3, 0.4) is 0 Å². The van der Waals surface area contributed by atoms with Gasteiger partial charge in [-0.3, -0.25) is 4.90 Å². The van der Waals surface area contributed by atoms with Crippen LogP contribution in [-0.2, 0) is 11.2 Å². The number of cyclic esters (lactones) is 1. The van der Waals surface area contributed by atoms with Crippen LogP contribution in [-0.4, -0.2) is 18.2 Å². The monoisotopic (exact) mass is 200 g/mol. The Morgan fingerprint density at radius 3 is 3.07 bits per heavy atom. The molecular formula is C11H8N2O2. The predicted molar refractivity (Wildman–Crippen MR) is 52.3 cm³/mol. The number of carbonyl (C=O) groups is 1. The van der Waals surface area contributed by atoms with Crippen LogP contribution in [0, 0.1) is 11.3 Å². The smallest absolute Gasteiger partial charge is 0.416 e. The van der Waals surface area contributed by atoms with Gasteiger partial charge in [0.05, 0.1) is 11.7 Å². The van der Waals surface area contributed by atoms with E-state index in [0.717, 1.165) is 11.3 Å². The highest BCUT2D eigenvalue weighted by Crippen LogP contribution is 2.38. The second-order valence-corrected chi connectivity index (χ2v) is 3.70. The average molecular weight is 200 g/mol. The molecule has 1 fully saturated rings. The molecule has 2 heterocycles. The third kappa shape index (κ3) is 0.975. The van der Waals surface area contributed by atoms with Gasteiger partial charge >= 0.3 is 6.09 Å². The lowest BCUT2D eigenvalue weighted by atomic mass is 10.1. The standard InChI is InChI=1S/C11H8N2O2/c12-6-10-9-5-7-3-1-2-4-8(7)13(9)11(14)15-10/h1-4,9-10H,5H2/t9-,10-/m0/s1.